The number of hydrogen-bond acceptors (Lipinski definition) is 6. The van der Waals surface area contributed by atoms with E-state index in [9.17, 15) is 4.79 Å². The van der Waals surface area contributed by atoms with E-state index in [2.05, 4.69) is 9.47 Å². The van der Waals surface area contributed by atoms with Gasteiger partial charge in [-0.2, -0.15) is 0 Å². The second-order valence-corrected chi connectivity index (χ2v) is 2.22. The summed E-state index contributed by atoms with van der Waals surface area (Å²) in [7, 11) is 2.66. The Hall–Kier alpha value is -1.27. The number of hydrogen-bond donors (Lipinski definition) is 1. The van der Waals surface area contributed by atoms with Crippen molar-refractivity contribution in [2.45, 2.75) is 6.29 Å². The van der Waals surface area contributed by atoms with Crippen LogP contribution in [0.1, 0.15) is 0 Å². The van der Waals surface area contributed by atoms with Crippen LogP contribution in [0.5, 0.6) is 0 Å². The maximum absolute atomic E-state index is 11.1. The highest BCUT2D eigenvalue weighted by molar-refractivity contribution is 5.89. The van der Waals surface area contributed by atoms with Crippen molar-refractivity contribution in [3.05, 3.63) is 11.5 Å². The molecule has 0 unspecified atom stereocenters. The van der Waals surface area contributed by atoms with Gasteiger partial charge in [0, 0.05) is 14.2 Å². The van der Waals surface area contributed by atoms with Crippen LogP contribution in [-0.2, 0) is 23.7 Å². The zero-order valence-electron chi connectivity index (χ0n) is 7.27. The molecule has 0 aromatic carbocycles. The number of ether oxygens (including phenoxy) is 4. The zero-order valence-corrected chi connectivity index (χ0v) is 7.27. The third-order valence-electron chi connectivity index (χ3n) is 1.50. The topological polar surface area (TPSA) is 74.2 Å². The van der Waals surface area contributed by atoms with Crippen LogP contribution < -0.4 is 0 Å². The van der Waals surface area contributed by atoms with Gasteiger partial charge in [0.25, 0.3) is 5.95 Å². The third-order valence-corrected chi connectivity index (χ3v) is 1.50. The highest BCUT2D eigenvalue weighted by atomic mass is 16.7. The minimum atomic E-state index is -0.979. The highest BCUT2D eigenvalue weighted by Crippen LogP contribution is 2.17. The highest BCUT2D eigenvalue weighted by Gasteiger charge is 2.31. The Kier molecular flexibility index (Phi) is 3.10. The Morgan fingerprint density at radius 2 is 2.00 bits per heavy atom. The van der Waals surface area contributed by atoms with Crippen LogP contribution in [-0.4, -0.2) is 38.4 Å². The Labute approximate surface area is 74.6 Å². The average Bonchev–Trinajstić information content (AvgIpc) is 2.11. The lowest BCUT2D eigenvalue weighted by Gasteiger charge is -2.20. The molecule has 1 aliphatic heterocycles. The number of aliphatic hydroxyl groups is 1. The normalized spacial score (nSPS) is 17.3. The van der Waals surface area contributed by atoms with Crippen LogP contribution in [0.2, 0.25) is 0 Å². The molecule has 0 fully saturated rings. The summed E-state index contributed by atoms with van der Waals surface area (Å²) in [6, 6.07) is 0. The Bertz CT molecular complexity index is 229. The largest absolute Gasteiger partial charge is 0.480 e. The maximum atomic E-state index is 11.1. The van der Waals surface area contributed by atoms with Gasteiger partial charge in [0.2, 0.25) is 6.79 Å². The molecule has 0 bridgehead atoms. The molecule has 0 atom stereocenters. The molecule has 0 saturated heterocycles. The van der Waals surface area contributed by atoms with E-state index in [0.717, 1.165) is 0 Å². The van der Waals surface area contributed by atoms with Gasteiger partial charge >= 0.3 is 5.97 Å². The number of cyclic esters (lactones) is 1. The smallest absolute Gasteiger partial charge is 0.349 e. The molecule has 13 heavy (non-hydrogen) atoms. The van der Waals surface area contributed by atoms with Gasteiger partial charge in [0.1, 0.15) is 0 Å². The van der Waals surface area contributed by atoms with Gasteiger partial charge in [-0.3, -0.25) is 0 Å². The minimum absolute atomic E-state index is 0.170. The third kappa shape index (κ3) is 1.90. The van der Waals surface area contributed by atoms with Crippen molar-refractivity contribution in [3.8, 4) is 0 Å². The van der Waals surface area contributed by atoms with Crippen molar-refractivity contribution < 1.29 is 28.8 Å². The molecule has 1 N–H and O–H groups in total. The van der Waals surface area contributed by atoms with E-state index in [-0.39, 0.29) is 12.4 Å². The number of methoxy groups -OCH3 is 2. The van der Waals surface area contributed by atoms with Crippen LogP contribution in [0.15, 0.2) is 11.5 Å². The fourth-order valence-electron chi connectivity index (χ4n) is 0.911. The first-order valence-electron chi connectivity index (χ1n) is 3.49. The van der Waals surface area contributed by atoms with Gasteiger partial charge in [0.15, 0.2) is 11.9 Å². The van der Waals surface area contributed by atoms with E-state index in [1.54, 1.807) is 0 Å². The predicted molar refractivity (Wildman–Crippen MR) is 39.5 cm³/mol. The average molecular weight is 190 g/mol. The molecule has 0 aliphatic carbocycles. The summed E-state index contributed by atoms with van der Waals surface area (Å²) in [5.74, 6) is -1.23. The summed E-state index contributed by atoms with van der Waals surface area (Å²) in [5.41, 5.74) is -0.170. The molecule has 6 nitrogen and oxygen atoms in total. The predicted octanol–water partition coefficient (Wildman–Crippen LogP) is -0.0942. The second kappa shape index (κ2) is 4.11. The van der Waals surface area contributed by atoms with E-state index in [0.29, 0.717) is 0 Å². The second-order valence-electron chi connectivity index (χ2n) is 2.22. The van der Waals surface area contributed by atoms with E-state index < -0.39 is 18.2 Å². The van der Waals surface area contributed by atoms with E-state index in [1.807, 2.05) is 0 Å². The lowest BCUT2D eigenvalue weighted by Crippen LogP contribution is -2.30. The van der Waals surface area contributed by atoms with Crippen LogP contribution in [0, 0.1) is 0 Å². The van der Waals surface area contributed by atoms with Crippen molar-refractivity contribution >= 4 is 5.97 Å². The van der Waals surface area contributed by atoms with Crippen LogP contribution >= 0.6 is 0 Å². The summed E-state index contributed by atoms with van der Waals surface area (Å²) >= 11 is 0. The van der Waals surface area contributed by atoms with Crippen LogP contribution in [0.3, 0.4) is 0 Å². The van der Waals surface area contributed by atoms with Gasteiger partial charge < -0.3 is 24.1 Å². The quantitative estimate of drug-likeness (QED) is 0.495. The molecule has 0 radical (unpaired) electrons. The molecule has 0 aromatic heterocycles. The first kappa shape index (κ1) is 9.82. The Morgan fingerprint density at radius 3 is 2.46 bits per heavy atom. The number of aliphatic hydroxyl groups excluding tert-OH is 1. The summed E-state index contributed by atoms with van der Waals surface area (Å²) in [6.07, 6.45) is -0.979. The summed E-state index contributed by atoms with van der Waals surface area (Å²) in [6.45, 7) is -0.297. The van der Waals surface area contributed by atoms with E-state index in [4.69, 9.17) is 14.6 Å². The molecule has 1 aliphatic rings. The Morgan fingerprint density at radius 1 is 1.38 bits per heavy atom. The molecule has 0 amide bonds. The molecule has 1 heterocycles. The van der Waals surface area contributed by atoms with E-state index >= 15 is 0 Å². The molecular formula is C7H10O6. The van der Waals surface area contributed by atoms with E-state index in [1.165, 1.54) is 14.2 Å². The van der Waals surface area contributed by atoms with Crippen molar-refractivity contribution in [3.63, 3.8) is 0 Å². The summed E-state index contributed by atoms with van der Waals surface area (Å²) in [5, 5.41) is 9.17. The molecule has 1 rings (SSSR count). The summed E-state index contributed by atoms with van der Waals surface area (Å²) in [4.78, 5) is 11.1. The SMILES string of the molecule is COC(OC)C1=C(O)OCOC1=O. The fraction of sp³-hybridized carbons (Fsp3) is 0.571. The standard InChI is InChI=1S/C7H10O6/c1-10-7(11-2)4-5(8)12-3-13-6(4)9/h7-8H,3H2,1-2H3. The van der Waals surface area contributed by atoms with Crippen molar-refractivity contribution in [1.82, 2.24) is 0 Å². The van der Waals surface area contributed by atoms with Gasteiger partial charge in [-0.15, -0.1) is 0 Å². The molecule has 6 heteroatoms. The van der Waals surface area contributed by atoms with Gasteiger partial charge in [-0.05, 0) is 0 Å². The maximum Gasteiger partial charge on any atom is 0.349 e. The lowest BCUT2D eigenvalue weighted by molar-refractivity contribution is -0.169. The van der Waals surface area contributed by atoms with Crippen LogP contribution in [0.25, 0.3) is 0 Å². The Balaban J connectivity index is 2.89. The first-order chi connectivity index (χ1) is 6.20. The van der Waals surface area contributed by atoms with Crippen molar-refractivity contribution in [2.24, 2.45) is 0 Å². The van der Waals surface area contributed by atoms with Gasteiger partial charge in [-0.1, -0.05) is 0 Å². The molecule has 0 aromatic rings. The van der Waals surface area contributed by atoms with Crippen molar-refractivity contribution in [2.75, 3.05) is 21.0 Å². The number of rotatable bonds is 3. The monoisotopic (exact) mass is 190 g/mol. The molecule has 0 saturated carbocycles. The van der Waals surface area contributed by atoms with Gasteiger partial charge in [0.05, 0.1) is 0 Å². The fourth-order valence-corrected chi connectivity index (χ4v) is 0.911. The van der Waals surface area contributed by atoms with Crippen molar-refractivity contribution in [1.29, 1.82) is 0 Å². The zero-order chi connectivity index (χ0) is 9.84. The van der Waals surface area contributed by atoms with Crippen LogP contribution in [0.4, 0.5) is 0 Å². The number of carbonyl (C=O) groups is 1. The number of esters is 1. The molecule has 0 spiro atoms. The minimum Gasteiger partial charge on any atom is -0.480 e. The number of carbonyl (C=O) groups excluding carboxylic acids is 1. The summed E-state index contributed by atoms with van der Waals surface area (Å²) < 4.78 is 18.6. The lowest BCUT2D eigenvalue weighted by atomic mass is 10.2. The first-order valence-corrected chi connectivity index (χ1v) is 3.49. The molecular weight excluding hydrogens is 180 g/mol. The molecule has 74 valence electrons. The van der Waals surface area contributed by atoms with Gasteiger partial charge in [-0.25, -0.2) is 4.79 Å².